The van der Waals surface area contributed by atoms with E-state index in [9.17, 15) is 0 Å². The molecule has 96 valence electrons. The molecule has 0 amide bonds. The van der Waals surface area contributed by atoms with E-state index < -0.39 is 0 Å². The molecule has 1 N–H and O–H groups in total. The number of nitrogens with zero attached hydrogens (tertiary/aromatic N) is 1. The van der Waals surface area contributed by atoms with Crippen LogP contribution in [0.25, 0.3) is 10.9 Å². The third-order valence-corrected chi connectivity index (χ3v) is 3.25. The summed E-state index contributed by atoms with van der Waals surface area (Å²) < 4.78 is 0. The summed E-state index contributed by atoms with van der Waals surface area (Å²) >= 11 is 6.21. The fourth-order valence-electron chi connectivity index (χ4n) is 2.04. The van der Waals surface area contributed by atoms with E-state index in [0.29, 0.717) is 5.02 Å². The number of halogens is 1. The summed E-state index contributed by atoms with van der Waals surface area (Å²) in [4.78, 5) is 4.69. The lowest BCUT2D eigenvalue weighted by Gasteiger charge is -2.23. The third kappa shape index (κ3) is 2.44. The van der Waals surface area contributed by atoms with Gasteiger partial charge in [0, 0.05) is 17.5 Å². The molecular formula is C15H19ClN2. The molecule has 1 aromatic heterocycles. The van der Waals surface area contributed by atoms with Crippen molar-refractivity contribution in [2.24, 2.45) is 0 Å². The van der Waals surface area contributed by atoms with E-state index in [0.717, 1.165) is 23.3 Å². The summed E-state index contributed by atoms with van der Waals surface area (Å²) in [6, 6.07) is 8.08. The van der Waals surface area contributed by atoms with Crippen LogP contribution in [0.4, 0.5) is 5.82 Å². The van der Waals surface area contributed by atoms with Crippen LogP contribution >= 0.6 is 11.6 Å². The number of hydrogen-bond donors (Lipinski definition) is 1. The molecule has 1 heterocycles. The Labute approximate surface area is 113 Å². The maximum absolute atomic E-state index is 6.21. The highest BCUT2D eigenvalue weighted by Gasteiger charge is 2.20. The van der Waals surface area contributed by atoms with Crippen LogP contribution in [0, 0.1) is 0 Å². The zero-order valence-corrected chi connectivity index (χ0v) is 12.1. The Morgan fingerprint density at radius 2 is 2.00 bits per heavy atom. The lowest BCUT2D eigenvalue weighted by molar-refractivity contribution is 0.590. The number of hydrogen-bond acceptors (Lipinski definition) is 2. The molecule has 1 aromatic carbocycles. The lowest BCUT2D eigenvalue weighted by atomic mass is 9.86. The quantitative estimate of drug-likeness (QED) is 0.854. The highest BCUT2D eigenvalue weighted by Crippen LogP contribution is 2.33. The Morgan fingerprint density at radius 3 is 2.61 bits per heavy atom. The largest absolute Gasteiger partial charge is 0.370 e. The minimum Gasteiger partial charge on any atom is -0.370 e. The van der Waals surface area contributed by atoms with E-state index in [4.69, 9.17) is 11.6 Å². The molecule has 0 radical (unpaired) electrons. The van der Waals surface area contributed by atoms with Crippen LogP contribution in [0.15, 0.2) is 24.3 Å². The van der Waals surface area contributed by atoms with E-state index in [1.54, 1.807) is 0 Å². The second-order valence-electron chi connectivity index (χ2n) is 5.48. The SMILES string of the molecule is CCNc1nc2c(Cl)cccc2cc1C(C)(C)C. The van der Waals surface area contributed by atoms with Gasteiger partial charge in [0.15, 0.2) is 0 Å². The van der Waals surface area contributed by atoms with E-state index in [-0.39, 0.29) is 5.41 Å². The number of anilines is 1. The van der Waals surface area contributed by atoms with Crippen molar-refractivity contribution in [1.29, 1.82) is 0 Å². The Bertz CT molecular complexity index is 570. The van der Waals surface area contributed by atoms with Crippen molar-refractivity contribution < 1.29 is 0 Å². The van der Waals surface area contributed by atoms with Gasteiger partial charge >= 0.3 is 0 Å². The molecule has 0 fully saturated rings. The standard InChI is InChI=1S/C15H19ClN2/c1-5-17-14-11(15(2,3)4)9-10-7-6-8-12(16)13(10)18-14/h6-9H,5H2,1-4H3,(H,17,18). The van der Waals surface area contributed by atoms with Crippen molar-refractivity contribution in [3.8, 4) is 0 Å². The fourth-order valence-corrected chi connectivity index (χ4v) is 2.26. The Hall–Kier alpha value is -1.28. The van der Waals surface area contributed by atoms with Crippen molar-refractivity contribution in [3.63, 3.8) is 0 Å². The van der Waals surface area contributed by atoms with E-state index in [1.807, 2.05) is 12.1 Å². The summed E-state index contributed by atoms with van der Waals surface area (Å²) in [5.74, 6) is 0.936. The van der Waals surface area contributed by atoms with Crippen LogP contribution < -0.4 is 5.32 Å². The molecule has 0 aliphatic carbocycles. The maximum atomic E-state index is 6.21. The number of benzene rings is 1. The predicted octanol–water partition coefficient (Wildman–Crippen LogP) is 4.62. The van der Waals surface area contributed by atoms with Gasteiger partial charge in [-0.05, 0) is 24.5 Å². The summed E-state index contributed by atoms with van der Waals surface area (Å²) in [6.45, 7) is 9.51. The van der Waals surface area contributed by atoms with Crippen LogP contribution in [0.2, 0.25) is 5.02 Å². The molecule has 0 saturated carbocycles. The molecule has 2 rings (SSSR count). The molecule has 2 nitrogen and oxygen atoms in total. The smallest absolute Gasteiger partial charge is 0.130 e. The Kier molecular flexibility index (Phi) is 3.49. The molecule has 0 unspecified atom stereocenters. The molecule has 0 aliphatic heterocycles. The molecule has 18 heavy (non-hydrogen) atoms. The highest BCUT2D eigenvalue weighted by molar-refractivity contribution is 6.35. The van der Waals surface area contributed by atoms with E-state index in [2.05, 4.69) is 50.1 Å². The first-order valence-electron chi connectivity index (χ1n) is 6.27. The molecule has 0 aliphatic rings. The first kappa shape index (κ1) is 13.2. The molecule has 2 aromatic rings. The normalized spacial score (nSPS) is 11.8. The molecule has 0 atom stereocenters. The minimum absolute atomic E-state index is 0.0566. The van der Waals surface area contributed by atoms with Crippen LogP contribution in [0.3, 0.4) is 0 Å². The zero-order valence-electron chi connectivity index (χ0n) is 11.3. The number of nitrogens with one attached hydrogen (secondary N) is 1. The molecule has 0 spiro atoms. The Balaban J connectivity index is 2.73. The van der Waals surface area contributed by atoms with Crippen molar-refractivity contribution in [2.45, 2.75) is 33.1 Å². The van der Waals surface area contributed by atoms with Crippen molar-refractivity contribution in [2.75, 3.05) is 11.9 Å². The summed E-state index contributed by atoms with van der Waals surface area (Å²) in [7, 11) is 0. The molecular weight excluding hydrogens is 244 g/mol. The Morgan fingerprint density at radius 1 is 1.28 bits per heavy atom. The number of para-hydroxylation sites is 1. The van der Waals surface area contributed by atoms with Gasteiger partial charge in [-0.3, -0.25) is 0 Å². The summed E-state index contributed by atoms with van der Waals surface area (Å²) in [5.41, 5.74) is 2.14. The van der Waals surface area contributed by atoms with Gasteiger partial charge in [0.1, 0.15) is 5.82 Å². The summed E-state index contributed by atoms with van der Waals surface area (Å²) in [6.07, 6.45) is 0. The van der Waals surface area contributed by atoms with Crippen LogP contribution in [0.5, 0.6) is 0 Å². The fraction of sp³-hybridized carbons (Fsp3) is 0.400. The van der Waals surface area contributed by atoms with Crippen LogP contribution in [0.1, 0.15) is 33.3 Å². The second kappa shape index (κ2) is 4.77. The van der Waals surface area contributed by atoms with Crippen molar-refractivity contribution >= 4 is 28.3 Å². The van der Waals surface area contributed by atoms with Gasteiger partial charge in [0.25, 0.3) is 0 Å². The molecule has 3 heteroatoms. The number of rotatable bonds is 2. The van der Waals surface area contributed by atoms with Crippen molar-refractivity contribution in [1.82, 2.24) is 4.98 Å². The van der Waals surface area contributed by atoms with Gasteiger partial charge in [0.05, 0.1) is 10.5 Å². The van der Waals surface area contributed by atoms with E-state index >= 15 is 0 Å². The minimum atomic E-state index is 0.0566. The number of fused-ring (bicyclic) bond motifs is 1. The third-order valence-electron chi connectivity index (χ3n) is 2.95. The topological polar surface area (TPSA) is 24.9 Å². The number of aromatic nitrogens is 1. The van der Waals surface area contributed by atoms with E-state index in [1.165, 1.54) is 5.56 Å². The second-order valence-corrected chi connectivity index (χ2v) is 5.88. The summed E-state index contributed by atoms with van der Waals surface area (Å²) in [5, 5.41) is 5.13. The first-order chi connectivity index (χ1) is 8.43. The average Bonchev–Trinajstić information content (AvgIpc) is 2.28. The van der Waals surface area contributed by atoms with Gasteiger partial charge < -0.3 is 5.32 Å². The average molecular weight is 263 g/mol. The van der Waals surface area contributed by atoms with Gasteiger partial charge in [-0.2, -0.15) is 0 Å². The lowest BCUT2D eigenvalue weighted by Crippen LogP contribution is -2.16. The zero-order chi connectivity index (χ0) is 13.3. The van der Waals surface area contributed by atoms with Crippen molar-refractivity contribution in [3.05, 3.63) is 34.9 Å². The number of pyridine rings is 1. The highest BCUT2D eigenvalue weighted by atomic mass is 35.5. The van der Waals surface area contributed by atoms with Crippen LogP contribution in [-0.4, -0.2) is 11.5 Å². The maximum Gasteiger partial charge on any atom is 0.130 e. The molecule has 0 bridgehead atoms. The van der Waals surface area contributed by atoms with Gasteiger partial charge in [-0.25, -0.2) is 4.98 Å². The van der Waals surface area contributed by atoms with Gasteiger partial charge in [-0.15, -0.1) is 0 Å². The monoisotopic (exact) mass is 262 g/mol. The van der Waals surface area contributed by atoms with Crippen LogP contribution in [-0.2, 0) is 5.41 Å². The van der Waals surface area contributed by atoms with Gasteiger partial charge in [-0.1, -0.05) is 44.5 Å². The predicted molar refractivity (Wildman–Crippen MR) is 79.6 cm³/mol. The van der Waals surface area contributed by atoms with Gasteiger partial charge in [0.2, 0.25) is 0 Å². The first-order valence-corrected chi connectivity index (χ1v) is 6.65. The molecule has 0 saturated heterocycles.